The molecule has 2 rings (SSSR count). The van der Waals surface area contributed by atoms with Crippen LogP contribution in [0.5, 0.6) is 0 Å². The Kier molecular flexibility index (Phi) is 4.31. The summed E-state index contributed by atoms with van der Waals surface area (Å²) in [5.74, 6) is -0.213. The van der Waals surface area contributed by atoms with Gasteiger partial charge in [-0.2, -0.15) is 0 Å². The lowest BCUT2D eigenvalue weighted by molar-refractivity contribution is 0.0910. The van der Waals surface area contributed by atoms with Crippen LogP contribution in [-0.2, 0) is 0 Å². The lowest BCUT2D eigenvalue weighted by Gasteiger charge is -2.25. The van der Waals surface area contributed by atoms with E-state index in [1.54, 1.807) is 6.07 Å². The molecule has 2 N–H and O–H groups in total. The number of halogens is 1. The standard InChI is InChI=1S/C14H18FNO2/c15-12-3-1-2-11(8-12)14(18)16-9-10-4-6-13(17)7-5-10/h1-3,8,10,13,17H,4-7,9H2,(H,16,18). The van der Waals surface area contributed by atoms with Crippen molar-refractivity contribution in [3.05, 3.63) is 35.6 Å². The second-order valence-corrected chi connectivity index (χ2v) is 4.89. The Morgan fingerprint density at radius 3 is 2.72 bits per heavy atom. The number of aliphatic hydroxyl groups is 1. The van der Waals surface area contributed by atoms with Gasteiger partial charge >= 0.3 is 0 Å². The highest BCUT2D eigenvalue weighted by Gasteiger charge is 2.19. The first-order valence-corrected chi connectivity index (χ1v) is 6.37. The van der Waals surface area contributed by atoms with Crippen LogP contribution < -0.4 is 5.32 Å². The van der Waals surface area contributed by atoms with Crippen LogP contribution in [0, 0.1) is 11.7 Å². The van der Waals surface area contributed by atoms with Gasteiger partial charge in [0.15, 0.2) is 0 Å². The Balaban J connectivity index is 1.81. The van der Waals surface area contributed by atoms with E-state index < -0.39 is 5.82 Å². The number of hydrogen-bond donors (Lipinski definition) is 2. The summed E-state index contributed by atoms with van der Waals surface area (Å²) in [7, 11) is 0. The Morgan fingerprint density at radius 2 is 2.06 bits per heavy atom. The van der Waals surface area contributed by atoms with Gasteiger partial charge in [-0.15, -0.1) is 0 Å². The summed E-state index contributed by atoms with van der Waals surface area (Å²) >= 11 is 0. The summed E-state index contributed by atoms with van der Waals surface area (Å²) in [5.41, 5.74) is 0.353. The average molecular weight is 251 g/mol. The van der Waals surface area contributed by atoms with E-state index in [1.807, 2.05) is 0 Å². The molecular weight excluding hydrogens is 233 g/mol. The molecule has 0 spiro atoms. The van der Waals surface area contributed by atoms with Crippen LogP contribution in [-0.4, -0.2) is 23.7 Å². The molecule has 0 heterocycles. The number of carbonyl (C=O) groups excluding carboxylic acids is 1. The summed E-state index contributed by atoms with van der Waals surface area (Å²) in [4.78, 5) is 11.8. The maximum absolute atomic E-state index is 13.0. The third-order valence-electron chi connectivity index (χ3n) is 3.45. The van der Waals surface area contributed by atoms with Gasteiger partial charge in [0.05, 0.1) is 6.10 Å². The van der Waals surface area contributed by atoms with Crippen LogP contribution in [0.15, 0.2) is 24.3 Å². The number of carbonyl (C=O) groups is 1. The molecule has 4 heteroatoms. The minimum absolute atomic E-state index is 0.180. The summed E-state index contributed by atoms with van der Waals surface area (Å²) in [6, 6.07) is 5.68. The first-order valence-electron chi connectivity index (χ1n) is 6.37. The van der Waals surface area contributed by atoms with E-state index >= 15 is 0 Å². The van der Waals surface area contributed by atoms with Gasteiger partial charge in [-0.05, 0) is 49.8 Å². The highest BCUT2D eigenvalue weighted by molar-refractivity contribution is 5.94. The molecule has 1 aliphatic rings. The predicted octanol–water partition coefficient (Wildman–Crippen LogP) is 2.11. The van der Waals surface area contributed by atoms with Crippen molar-refractivity contribution >= 4 is 5.91 Å². The largest absolute Gasteiger partial charge is 0.393 e. The Bertz CT molecular complexity index is 414. The molecule has 0 aromatic heterocycles. The molecule has 0 saturated heterocycles. The molecule has 98 valence electrons. The molecule has 1 aromatic carbocycles. The van der Waals surface area contributed by atoms with Gasteiger partial charge in [-0.1, -0.05) is 6.07 Å². The molecule has 0 atom stereocenters. The van der Waals surface area contributed by atoms with Crippen molar-refractivity contribution in [3.8, 4) is 0 Å². The van der Waals surface area contributed by atoms with Crippen LogP contribution in [0.1, 0.15) is 36.0 Å². The van der Waals surface area contributed by atoms with Crippen molar-refractivity contribution in [1.29, 1.82) is 0 Å². The number of aliphatic hydroxyl groups excluding tert-OH is 1. The predicted molar refractivity (Wildman–Crippen MR) is 66.7 cm³/mol. The van der Waals surface area contributed by atoms with E-state index in [1.165, 1.54) is 18.2 Å². The normalized spacial score (nSPS) is 23.7. The molecule has 0 radical (unpaired) electrons. The minimum Gasteiger partial charge on any atom is -0.393 e. The third-order valence-corrected chi connectivity index (χ3v) is 3.45. The highest BCUT2D eigenvalue weighted by Crippen LogP contribution is 2.23. The van der Waals surface area contributed by atoms with Gasteiger partial charge < -0.3 is 10.4 Å². The van der Waals surface area contributed by atoms with Gasteiger partial charge in [-0.25, -0.2) is 4.39 Å². The van der Waals surface area contributed by atoms with E-state index in [2.05, 4.69) is 5.32 Å². The van der Waals surface area contributed by atoms with Gasteiger partial charge in [0, 0.05) is 12.1 Å². The highest BCUT2D eigenvalue weighted by atomic mass is 19.1. The van der Waals surface area contributed by atoms with Crippen LogP contribution in [0.4, 0.5) is 4.39 Å². The third kappa shape index (κ3) is 3.53. The fraction of sp³-hybridized carbons (Fsp3) is 0.500. The van der Waals surface area contributed by atoms with E-state index in [-0.39, 0.29) is 12.0 Å². The van der Waals surface area contributed by atoms with Crippen LogP contribution >= 0.6 is 0 Å². The fourth-order valence-electron chi connectivity index (χ4n) is 2.32. The van der Waals surface area contributed by atoms with Crippen LogP contribution in [0.25, 0.3) is 0 Å². The second kappa shape index (κ2) is 5.96. The van der Waals surface area contributed by atoms with Gasteiger partial charge in [0.25, 0.3) is 5.91 Å². The molecule has 18 heavy (non-hydrogen) atoms. The molecule has 0 aliphatic heterocycles. The zero-order valence-electron chi connectivity index (χ0n) is 10.2. The first kappa shape index (κ1) is 13.0. The molecule has 1 aromatic rings. The Labute approximate surface area is 106 Å². The molecule has 1 fully saturated rings. The summed E-state index contributed by atoms with van der Waals surface area (Å²) in [6.45, 7) is 0.599. The summed E-state index contributed by atoms with van der Waals surface area (Å²) < 4.78 is 13.0. The number of hydrogen-bond acceptors (Lipinski definition) is 2. The van der Waals surface area contributed by atoms with Crippen molar-refractivity contribution in [2.24, 2.45) is 5.92 Å². The Hall–Kier alpha value is -1.42. The average Bonchev–Trinajstić information content (AvgIpc) is 2.38. The van der Waals surface area contributed by atoms with E-state index in [0.29, 0.717) is 18.0 Å². The lowest BCUT2D eigenvalue weighted by Crippen LogP contribution is -2.32. The Morgan fingerprint density at radius 1 is 1.33 bits per heavy atom. The maximum atomic E-state index is 13.0. The van der Waals surface area contributed by atoms with Crippen molar-refractivity contribution in [2.45, 2.75) is 31.8 Å². The van der Waals surface area contributed by atoms with Gasteiger partial charge in [0.2, 0.25) is 0 Å². The molecule has 3 nitrogen and oxygen atoms in total. The number of rotatable bonds is 3. The fourth-order valence-corrected chi connectivity index (χ4v) is 2.32. The monoisotopic (exact) mass is 251 g/mol. The van der Waals surface area contributed by atoms with Crippen molar-refractivity contribution in [2.75, 3.05) is 6.54 Å². The zero-order chi connectivity index (χ0) is 13.0. The quantitative estimate of drug-likeness (QED) is 0.864. The molecule has 0 unspecified atom stereocenters. The van der Waals surface area contributed by atoms with Gasteiger partial charge in [-0.3, -0.25) is 4.79 Å². The summed E-state index contributed by atoms with van der Waals surface area (Å²) in [5, 5.41) is 12.2. The van der Waals surface area contributed by atoms with E-state index in [4.69, 9.17) is 0 Å². The molecule has 0 bridgehead atoms. The smallest absolute Gasteiger partial charge is 0.251 e. The molecular formula is C14H18FNO2. The van der Waals surface area contributed by atoms with E-state index in [0.717, 1.165) is 25.7 Å². The molecule has 1 saturated carbocycles. The van der Waals surface area contributed by atoms with Crippen molar-refractivity contribution < 1.29 is 14.3 Å². The number of benzene rings is 1. The zero-order valence-corrected chi connectivity index (χ0v) is 10.2. The SMILES string of the molecule is O=C(NCC1CCC(O)CC1)c1cccc(F)c1. The molecule has 1 aliphatic carbocycles. The lowest BCUT2D eigenvalue weighted by atomic mass is 9.87. The first-order chi connectivity index (χ1) is 8.65. The van der Waals surface area contributed by atoms with Crippen LogP contribution in [0.2, 0.25) is 0 Å². The minimum atomic E-state index is -0.400. The molecule has 1 amide bonds. The maximum Gasteiger partial charge on any atom is 0.251 e. The number of amides is 1. The van der Waals surface area contributed by atoms with Crippen molar-refractivity contribution in [1.82, 2.24) is 5.32 Å². The van der Waals surface area contributed by atoms with Crippen molar-refractivity contribution in [3.63, 3.8) is 0 Å². The van der Waals surface area contributed by atoms with Crippen LogP contribution in [0.3, 0.4) is 0 Å². The topological polar surface area (TPSA) is 49.3 Å². The van der Waals surface area contributed by atoms with Gasteiger partial charge in [0.1, 0.15) is 5.82 Å². The summed E-state index contributed by atoms with van der Waals surface area (Å²) in [6.07, 6.45) is 3.30. The number of nitrogens with one attached hydrogen (secondary N) is 1. The second-order valence-electron chi connectivity index (χ2n) is 4.89. The van der Waals surface area contributed by atoms with E-state index in [9.17, 15) is 14.3 Å².